The van der Waals surface area contributed by atoms with Gasteiger partial charge in [-0.15, -0.1) is 0 Å². The van der Waals surface area contributed by atoms with Crippen molar-refractivity contribution in [1.82, 2.24) is 9.97 Å². The zero-order valence-electron chi connectivity index (χ0n) is 14.5. The number of H-pyrrole nitrogens is 1. The Morgan fingerprint density at radius 1 is 1.28 bits per heavy atom. The number of fused-ring (bicyclic) bond motifs is 1. The third kappa shape index (κ3) is 3.79. The molecule has 0 bridgehead atoms. The quantitative estimate of drug-likeness (QED) is 0.676. The number of methoxy groups -OCH3 is 1. The van der Waals surface area contributed by atoms with E-state index < -0.39 is 0 Å². The molecule has 1 heterocycles. The van der Waals surface area contributed by atoms with Crippen LogP contribution in [0.1, 0.15) is 13.8 Å². The highest BCUT2D eigenvalue weighted by Crippen LogP contribution is 2.27. The standard InChI is InChI=1S/C19H21N3O2S/c1-4-22(14-8-6-5-7-9-14)18(23)13(2)25-19-20-16-11-10-15(24-3)12-17(16)21-19/h5-13H,4H2,1-3H3,(H,20,21). The van der Waals surface area contributed by atoms with E-state index in [0.717, 1.165) is 27.6 Å². The van der Waals surface area contributed by atoms with E-state index in [1.54, 1.807) is 12.0 Å². The van der Waals surface area contributed by atoms with Crippen molar-refractivity contribution in [2.75, 3.05) is 18.6 Å². The van der Waals surface area contributed by atoms with Crippen molar-refractivity contribution in [3.63, 3.8) is 0 Å². The number of hydrogen-bond donors (Lipinski definition) is 1. The van der Waals surface area contributed by atoms with Gasteiger partial charge in [0.05, 0.1) is 23.4 Å². The fourth-order valence-electron chi connectivity index (χ4n) is 2.66. The number of carbonyl (C=O) groups excluding carboxylic acids is 1. The number of aromatic nitrogens is 2. The Morgan fingerprint density at radius 2 is 2.04 bits per heavy atom. The molecule has 0 saturated heterocycles. The van der Waals surface area contributed by atoms with Gasteiger partial charge in [0.1, 0.15) is 5.75 Å². The molecule has 0 aliphatic carbocycles. The van der Waals surface area contributed by atoms with Crippen LogP contribution >= 0.6 is 11.8 Å². The molecule has 3 rings (SSSR count). The fraction of sp³-hybridized carbons (Fsp3) is 0.263. The van der Waals surface area contributed by atoms with Crippen molar-refractivity contribution in [1.29, 1.82) is 0 Å². The molecule has 1 N–H and O–H groups in total. The second-order valence-corrected chi connectivity index (χ2v) is 6.93. The summed E-state index contributed by atoms with van der Waals surface area (Å²) in [6, 6.07) is 15.4. The van der Waals surface area contributed by atoms with Gasteiger partial charge in [-0.1, -0.05) is 30.0 Å². The van der Waals surface area contributed by atoms with Crippen LogP contribution in [0.15, 0.2) is 53.7 Å². The van der Waals surface area contributed by atoms with Crippen molar-refractivity contribution in [3.05, 3.63) is 48.5 Å². The first-order chi connectivity index (χ1) is 12.1. The van der Waals surface area contributed by atoms with Gasteiger partial charge in [0.15, 0.2) is 5.16 Å². The second-order valence-electron chi connectivity index (χ2n) is 5.60. The number of nitrogens with zero attached hydrogens (tertiary/aromatic N) is 2. The predicted octanol–water partition coefficient (Wildman–Crippen LogP) is 4.11. The number of nitrogens with one attached hydrogen (secondary N) is 1. The number of hydrogen-bond acceptors (Lipinski definition) is 4. The molecule has 1 atom stereocenters. The number of rotatable bonds is 6. The average Bonchev–Trinajstić information content (AvgIpc) is 3.04. The van der Waals surface area contributed by atoms with Crippen molar-refractivity contribution >= 4 is 34.4 Å². The third-order valence-corrected chi connectivity index (χ3v) is 4.93. The van der Waals surface area contributed by atoms with Crippen LogP contribution in [0.3, 0.4) is 0 Å². The first kappa shape index (κ1) is 17.4. The number of thioether (sulfide) groups is 1. The Morgan fingerprint density at radius 3 is 2.72 bits per heavy atom. The van der Waals surface area contributed by atoms with E-state index in [1.165, 1.54) is 11.8 Å². The molecule has 0 aliphatic heterocycles. The molecule has 0 aliphatic rings. The van der Waals surface area contributed by atoms with E-state index in [1.807, 2.05) is 62.4 Å². The van der Waals surface area contributed by atoms with Gasteiger partial charge < -0.3 is 14.6 Å². The second kappa shape index (κ2) is 7.61. The molecule has 25 heavy (non-hydrogen) atoms. The number of para-hydroxylation sites is 1. The number of aromatic amines is 1. The van der Waals surface area contributed by atoms with Crippen LogP contribution in [0.25, 0.3) is 11.0 Å². The van der Waals surface area contributed by atoms with E-state index in [4.69, 9.17) is 4.74 Å². The number of ether oxygens (including phenoxy) is 1. The summed E-state index contributed by atoms with van der Waals surface area (Å²) < 4.78 is 5.23. The first-order valence-electron chi connectivity index (χ1n) is 8.19. The number of benzene rings is 2. The molecule has 5 nitrogen and oxygen atoms in total. The number of imidazole rings is 1. The van der Waals surface area contributed by atoms with Crippen LogP contribution in [0, 0.1) is 0 Å². The lowest BCUT2D eigenvalue weighted by atomic mass is 10.2. The molecule has 130 valence electrons. The van der Waals surface area contributed by atoms with E-state index in [9.17, 15) is 4.79 Å². The molecular weight excluding hydrogens is 334 g/mol. The van der Waals surface area contributed by atoms with Gasteiger partial charge in [-0.25, -0.2) is 4.98 Å². The van der Waals surface area contributed by atoms with Gasteiger partial charge in [-0.3, -0.25) is 4.79 Å². The van der Waals surface area contributed by atoms with Gasteiger partial charge in [0.2, 0.25) is 5.91 Å². The topological polar surface area (TPSA) is 58.2 Å². The average molecular weight is 355 g/mol. The monoisotopic (exact) mass is 355 g/mol. The molecule has 1 aromatic heterocycles. The maximum absolute atomic E-state index is 12.8. The van der Waals surface area contributed by atoms with E-state index in [0.29, 0.717) is 6.54 Å². The minimum absolute atomic E-state index is 0.0664. The predicted molar refractivity (Wildman–Crippen MR) is 102 cm³/mol. The normalized spacial score (nSPS) is 12.1. The number of anilines is 1. The summed E-state index contributed by atoms with van der Waals surface area (Å²) in [7, 11) is 1.64. The minimum Gasteiger partial charge on any atom is -0.497 e. The van der Waals surface area contributed by atoms with Crippen LogP contribution in [0.5, 0.6) is 5.75 Å². The highest BCUT2D eigenvalue weighted by molar-refractivity contribution is 8.00. The van der Waals surface area contributed by atoms with E-state index in [2.05, 4.69) is 9.97 Å². The van der Waals surface area contributed by atoms with Gasteiger partial charge in [0.25, 0.3) is 0 Å². The van der Waals surface area contributed by atoms with Crippen molar-refractivity contribution in [3.8, 4) is 5.75 Å². The summed E-state index contributed by atoms with van der Waals surface area (Å²) in [5.74, 6) is 0.842. The van der Waals surface area contributed by atoms with Crippen LogP contribution in [-0.2, 0) is 4.79 Å². The highest BCUT2D eigenvalue weighted by atomic mass is 32.2. The van der Waals surface area contributed by atoms with Gasteiger partial charge in [-0.05, 0) is 38.1 Å². The van der Waals surface area contributed by atoms with Crippen LogP contribution in [0.2, 0.25) is 0 Å². The lowest BCUT2D eigenvalue weighted by Crippen LogP contribution is -2.36. The van der Waals surface area contributed by atoms with Crippen LogP contribution in [0.4, 0.5) is 5.69 Å². The van der Waals surface area contributed by atoms with Crippen molar-refractivity contribution in [2.45, 2.75) is 24.3 Å². The molecule has 3 aromatic rings. The maximum atomic E-state index is 12.8. The zero-order valence-corrected chi connectivity index (χ0v) is 15.3. The summed E-state index contributed by atoms with van der Waals surface area (Å²) in [5.41, 5.74) is 2.67. The summed E-state index contributed by atoms with van der Waals surface area (Å²) in [4.78, 5) is 22.4. The Hall–Kier alpha value is -2.47. The number of carbonyl (C=O) groups is 1. The SMILES string of the molecule is CCN(C(=O)C(C)Sc1nc2ccc(OC)cc2[nH]1)c1ccccc1. The third-order valence-electron chi connectivity index (χ3n) is 3.95. The van der Waals surface area contributed by atoms with E-state index >= 15 is 0 Å². The summed E-state index contributed by atoms with van der Waals surface area (Å²) >= 11 is 1.43. The molecule has 1 unspecified atom stereocenters. The van der Waals surface area contributed by atoms with Crippen molar-refractivity contribution < 1.29 is 9.53 Å². The smallest absolute Gasteiger partial charge is 0.240 e. The number of amides is 1. The van der Waals surface area contributed by atoms with Gasteiger partial charge in [0, 0.05) is 18.3 Å². The van der Waals surface area contributed by atoms with Crippen molar-refractivity contribution in [2.24, 2.45) is 0 Å². The summed E-state index contributed by atoms with van der Waals surface area (Å²) in [6.45, 7) is 4.52. The molecule has 6 heteroatoms. The molecular formula is C19H21N3O2S. The highest BCUT2D eigenvalue weighted by Gasteiger charge is 2.22. The van der Waals surface area contributed by atoms with Crippen LogP contribution in [-0.4, -0.2) is 34.8 Å². The zero-order chi connectivity index (χ0) is 17.8. The Labute approximate surface area is 151 Å². The molecule has 0 fully saturated rings. The molecule has 0 radical (unpaired) electrons. The summed E-state index contributed by atoms with van der Waals surface area (Å²) in [5, 5.41) is 0.482. The molecule has 2 aromatic carbocycles. The minimum atomic E-state index is -0.248. The van der Waals surface area contributed by atoms with Crippen LogP contribution < -0.4 is 9.64 Å². The Bertz CT molecular complexity index is 863. The fourth-order valence-corrected chi connectivity index (χ4v) is 3.54. The largest absolute Gasteiger partial charge is 0.497 e. The maximum Gasteiger partial charge on any atom is 0.240 e. The lowest BCUT2D eigenvalue weighted by molar-refractivity contribution is -0.117. The Balaban J connectivity index is 1.76. The van der Waals surface area contributed by atoms with E-state index in [-0.39, 0.29) is 11.2 Å². The molecule has 0 spiro atoms. The van der Waals surface area contributed by atoms with Gasteiger partial charge in [-0.2, -0.15) is 0 Å². The Kier molecular flexibility index (Phi) is 5.28. The molecule has 1 amide bonds. The molecule has 0 saturated carbocycles. The first-order valence-corrected chi connectivity index (χ1v) is 9.07. The van der Waals surface area contributed by atoms with Gasteiger partial charge >= 0.3 is 0 Å². The summed E-state index contributed by atoms with van der Waals surface area (Å²) in [6.07, 6.45) is 0. The lowest BCUT2D eigenvalue weighted by Gasteiger charge is -2.23.